The molecule has 6 nitrogen and oxygen atoms in total. The van der Waals surface area contributed by atoms with Crippen LogP contribution in [-0.4, -0.2) is 67.3 Å². The third-order valence-electron chi connectivity index (χ3n) is 7.27. The minimum absolute atomic E-state index is 0.00530. The molecule has 2 fully saturated rings. The lowest BCUT2D eigenvalue weighted by atomic mass is 9.99. The first-order valence-corrected chi connectivity index (χ1v) is 13.4. The van der Waals surface area contributed by atoms with E-state index >= 15 is 0 Å². The molecule has 5 rings (SSSR count). The third-order valence-corrected chi connectivity index (χ3v) is 7.92. The van der Waals surface area contributed by atoms with E-state index in [1.807, 2.05) is 0 Å². The van der Waals surface area contributed by atoms with Gasteiger partial charge in [0.2, 0.25) is 0 Å². The Morgan fingerprint density at radius 2 is 1.72 bits per heavy atom. The summed E-state index contributed by atoms with van der Waals surface area (Å²) in [7, 11) is 1.51. The van der Waals surface area contributed by atoms with Gasteiger partial charge in [-0.2, -0.15) is 0 Å². The third kappa shape index (κ3) is 5.46. The second-order valence-electron chi connectivity index (χ2n) is 9.88. The van der Waals surface area contributed by atoms with Crippen molar-refractivity contribution in [3.8, 4) is 11.1 Å². The number of likely N-dealkylation sites (tertiary alicyclic amines) is 1. The van der Waals surface area contributed by atoms with Gasteiger partial charge in [0.1, 0.15) is 12.0 Å². The van der Waals surface area contributed by atoms with Crippen molar-refractivity contribution in [2.24, 2.45) is 0 Å². The van der Waals surface area contributed by atoms with Crippen LogP contribution in [0.3, 0.4) is 0 Å². The highest BCUT2D eigenvalue weighted by atomic mass is 35.5. The van der Waals surface area contributed by atoms with Gasteiger partial charge in [-0.1, -0.05) is 35.3 Å². The van der Waals surface area contributed by atoms with E-state index in [1.54, 1.807) is 46.2 Å². The summed E-state index contributed by atoms with van der Waals surface area (Å²) >= 11 is 12.7. The van der Waals surface area contributed by atoms with E-state index in [0.717, 1.165) is 0 Å². The first-order chi connectivity index (χ1) is 18.6. The summed E-state index contributed by atoms with van der Waals surface area (Å²) in [5.74, 6) is -1.52. The average molecular weight is 574 g/mol. The quantitative estimate of drug-likeness (QED) is 0.417. The molecule has 2 aliphatic rings. The summed E-state index contributed by atoms with van der Waals surface area (Å²) < 4.78 is 28.4. The van der Waals surface area contributed by atoms with Crippen molar-refractivity contribution >= 4 is 46.4 Å². The van der Waals surface area contributed by atoms with E-state index in [9.17, 15) is 23.5 Å². The summed E-state index contributed by atoms with van der Waals surface area (Å²) in [4.78, 5) is 31.2. The van der Waals surface area contributed by atoms with Crippen LogP contribution in [0.2, 0.25) is 10.0 Å². The molecule has 1 N–H and O–H groups in total. The van der Waals surface area contributed by atoms with Gasteiger partial charge >= 0.3 is 0 Å². The number of piperidine rings is 1. The number of anilines is 2. The molecule has 0 radical (unpaired) electrons. The average Bonchev–Trinajstić information content (AvgIpc) is 2.91. The molecule has 2 aliphatic heterocycles. The topological polar surface area (TPSA) is 64.1 Å². The summed E-state index contributed by atoms with van der Waals surface area (Å²) in [6.45, 7) is 1.24. The molecule has 2 heterocycles. The lowest BCUT2D eigenvalue weighted by Crippen LogP contribution is -2.49. The van der Waals surface area contributed by atoms with E-state index < -0.39 is 24.0 Å². The number of benzene rings is 3. The zero-order valence-electron chi connectivity index (χ0n) is 21.2. The fourth-order valence-corrected chi connectivity index (χ4v) is 5.43. The number of amides is 2. The number of nitrogens with zero attached hydrogens (tertiary/aromatic N) is 3. The standard InChI is InChI=1S/C29H27Cl2F2N3O3/c1-34(29(39)27-23(31)3-2-4-24(27)33)25-8-6-17(14-26(25)36-15-19(32)16-36)21-13-18(5-7-22(21)30)28(38)35-11-9-20(37)10-12-35/h2-8,13-14,19-20,37H,9-12,15-16H2,1H3. The van der Waals surface area contributed by atoms with Gasteiger partial charge in [-0.15, -0.1) is 0 Å². The zero-order chi connectivity index (χ0) is 27.8. The zero-order valence-corrected chi connectivity index (χ0v) is 22.7. The van der Waals surface area contributed by atoms with Crippen molar-refractivity contribution in [3.05, 3.63) is 81.6 Å². The maximum Gasteiger partial charge on any atom is 0.262 e. The van der Waals surface area contributed by atoms with Crippen LogP contribution < -0.4 is 9.80 Å². The number of aliphatic hydroxyl groups is 1. The van der Waals surface area contributed by atoms with Gasteiger partial charge in [-0.05, 0) is 60.9 Å². The van der Waals surface area contributed by atoms with Crippen LogP contribution in [0.15, 0.2) is 54.6 Å². The van der Waals surface area contributed by atoms with Crippen molar-refractivity contribution in [2.75, 3.05) is 43.0 Å². The Kier molecular flexibility index (Phi) is 7.80. The van der Waals surface area contributed by atoms with Crippen LogP contribution in [0.5, 0.6) is 0 Å². The van der Waals surface area contributed by atoms with Crippen molar-refractivity contribution < 1.29 is 23.5 Å². The van der Waals surface area contributed by atoms with Gasteiger partial charge in [0.05, 0.1) is 41.2 Å². The molecule has 0 atom stereocenters. The molecule has 0 saturated carbocycles. The Balaban J connectivity index is 1.50. The molecule has 39 heavy (non-hydrogen) atoms. The van der Waals surface area contributed by atoms with Gasteiger partial charge in [0.25, 0.3) is 11.8 Å². The predicted molar refractivity (Wildman–Crippen MR) is 149 cm³/mol. The minimum atomic E-state index is -1.00. The Morgan fingerprint density at radius 1 is 1.00 bits per heavy atom. The Morgan fingerprint density at radius 3 is 2.38 bits per heavy atom. The molecule has 3 aromatic carbocycles. The van der Waals surface area contributed by atoms with Crippen LogP contribution in [0.25, 0.3) is 11.1 Å². The van der Waals surface area contributed by atoms with Gasteiger partial charge in [-0.3, -0.25) is 9.59 Å². The molecule has 0 aromatic heterocycles. The molecule has 10 heteroatoms. The number of aliphatic hydroxyl groups excluding tert-OH is 1. The highest BCUT2D eigenvalue weighted by molar-refractivity contribution is 6.35. The first-order valence-electron chi connectivity index (χ1n) is 12.7. The number of carbonyl (C=O) groups excluding carboxylic acids is 2. The van der Waals surface area contributed by atoms with Crippen LogP contribution >= 0.6 is 23.2 Å². The SMILES string of the molecule is CN(C(=O)c1c(F)cccc1Cl)c1ccc(-c2cc(C(=O)N3CCC(O)CC3)ccc2Cl)cc1N1CC(F)C1. The largest absolute Gasteiger partial charge is 0.393 e. The van der Waals surface area contributed by atoms with E-state index in [4.69, 9.17) is 23.2 Å². The van der Waals surface area contributed by atoms with E-state index in [2.05, 4.69) is 0 Å². The lowest BCUT2D eigenvalue weighted by Gasteiger charge is -2.39. The van der Waals surface area contributed by atoms with Gasteiger partial charge < -0.3 is 19.8 Å². The summed E-state index contributed by atoms with van der Waals surface area (Å²) in [6.07, 6.45) is -0.327. The Labute approximate surface area is 235 Å². The Hall–Kier alpha value is -3.20. The number of alkyl halides is 1. The smallest absolute Gasteiger partial charge is 0.262 e. The van der Waals surface area contributed by atoms with Crippen molar-refractivity contribution in [3.63, 3.8) is 0 Å². The van der Waals surface area contributed by atoms with Crippen LogP contribution in [-0.2, 0) is 0 Å². The molecule has 0 bridgehead atoms. The van der Waals surface area contributed by atoms with Gasteiger partial charge in [0.15, 0.2) is 0 Å². The highest BCUT2D eigenvalue weighted by Gasteiger charge is 2.31. The molecular weight excluding hydrogens is 547 g/mol. The van der Waals surface area contributed by atoms with E-state index in [1.165, 1.54) is 30.1 Å². The fraction of sp³-hybridized carbons (Fsp3) is 0.310. The summed E-state index contributed by atoms with van der Waals surface area (Å²) in [5, 5.41) is 10.2. The molecule has 204 valence electrons. The Bertz CT molecular complexity index is 1400. The molecule has 0 aliphatic carbocycles. The number of halogens is 4. The maximum absolute atomic E-state index is 14.5. The molecule has 2 saturated heterocycles. The number of rotatable bonds is 5. The normalized spacial score (nSPS) is 16.3. The van der Waals surface area contributed by atoms with Crippen LogP contribution in [0.4, 0.5) is 20.2 Å². The van der Waals surface area contributed by atoms with E-state index in [-0.39, 0.29) is 29.6 Å². The van der Waals surface area contributed by atoms with Crippen LogP contribution in [0.1, 0.15) is 33.6 Å². The number of hydrogen-bond donors (Lipinski definition) is 1. The number of carbonyl (C=O) groups is 2. The minimum Gasteiger partial charge on any atom is -0.393 e. The molecule has 3 aromatic rings. The van der Waals surface area contributed by atoms with Gasteiger partial charge in [0, 0.05) is 36.3 Å². The second-order valence-corrected chi connectivity index (χ2v) is 10.7. The highest BCUT2D eigenvalue weighted by Crippen LogP contribution is 2.39. The van der Waals surface area contributed by atoms with Crippen molar-refractivity contribution in [1.29, 1.82) is 0 Å². The van der Waals surface area contributed by atoms with Gasteiger partial charge in [-0.25, -0.2) is 8.78 Å². The van der Waals surface area contributed by atoms with E-state index in [0.29, 0.717) is 59.0 Å². The second kappa shape index (κ2) is 11.1. The fourth-order valence-electron chi connectivity index (χ4n) is 4.96. The van der Waals surface area contributed by atoms with Crippen molar-refractivity contribution in [2.45, 2.75) is 25.1 Å². The first kappa shape index (κ1) is 27.4. The number of hydrogen-bond acceptors (Lipinski definition) is 4. The van der Waals surface area contributed by atoms with Crippen LogP contribution in [0, 0.1) is 5.82 Å². The molecule has 2 amide bonds. The predicted octanol–water partition coefficient (Wildman–Crippen LogP) is 5.83. The maximum atomic E-state index is 14.5. The molecule has 0 unspecified atom stereocenters. The summed E-state index contributed by atoms with van der Waals surface area (Å²) in [5.41, 5.74) is 2.52. The van der Waals surface area contributed by atoms with Crippen molar-refractivity contribution in [1.82, 2.24) is 4.90 Å². The lowest BCUT2D eigenvalue weighted by molar-refractivity contribution is 0.0546. The summed E-state index contributed by atoms with van der Waals surface area (Å²) in [6, 6.07) is 14.3. The monoisotopic (exact) mass is 573 g/mol. The molecular formula is C29H27Cl2F2N3O3. The molecule has 0 spiro atoms.